The van der Waals surface area contributed by atoms with Gasteiger partial charge in [0.1, 0.15) is 24.9 Å². The molecule has 0 bridgehead atoms. The van der Waals surface area contributed by atoms with E-state index >= 15 is 4.39 Å². The van der Waals surface area contributed by atoms with Crippen LogP contribution in [0.3, 0.4) is 0 Å². The average molecular weight is 519 g/mol. The Morgan fingerprint density at radius 1 is 0.816 bits per heavy atom. The molecule has 0 radical (unpaired) electrons. The van der Waals surface area contributed by atoms with Gasteiger partial charge in [0.25, 0.3) is 11.8 Å². The maximum atomic E-state index is 15.6. The molecule has 1 fully saturated rings. The Morgan fingerprint density at radius 2 is 1.32 bits per heavy atom. The number of fused-ring (bicyclic) bond motifs is 1. The molecule has 2 heterocycles. The third kappa shape index (κ3) is 4.67. The van der Waals surface area contributed by atoms with Gasteiger partial charge >= 0.3 is 11.9 Å². The first-order valence-electron chi connectivity index (χ1n) is 11.8. The van der Waals surface area contributed by atoms with Crippen LogP contribution in [0.2, 0.25) is 0 Å². The fourth-order valence-corrected chi connectivity index (χ4v) is 4.49. The number of aliphatic hydroxyl groups is 1. The minimum atomic E-state index is -2.37. The molecule has 2 aliphatic rings. The van der Waals surface area contributed by atoms with Crippen molar-refractivity contribution in [2.75, 3.05) is 6.61 Å². The molecule has 0 aromatic heterocycles. The van der Waals surface area contributed by atoms with E-state index in [1.54, 1.807) is 48.5 Å². The minimum absolute atomic E-state index is 0.0474. The summed E-state index contributed by atoms with van der Waals surface area (Å²) in [5.41, 5.74) is 0.429. The topological polar surface area (TPSA) is 119 Å². The van der Waals surface area contributed by atoms with Crippen molar-refractivity contribution < 1.29 is 42.9 Å². The van der Waals surface area contributed by atoms with E-state index in [2.05, 4.69) is 0 Å². The van der Waals surface area contributed by atoms with Crippen LogP contribution in [0.25, 0.3) is 0 Å². The van der Waals surface area contributed by atoms with Crippen LogP contribution < -0.4 is 0 Å². The Labute approximate surface area is 216 Å². The lowest BCUT2D eigenvalue weighted by molar-refractivity contribution is -0.238. The van der Waals surface area contributed by atoms with Crippen molar-refractivity contribution >= 4 is 23.8 Å². The van der Waals surface area contributed by atoms with Crippen molar-refractivity contribution in [1.29, 1.82) is 0 Å². The highest BCUT2D eigenvalue weighted by atomic mass is 19.1. The molecule has 1 saturated heterocycles. The third-order valence-corrected chi connectivity index (χ3v) is 6.39. The summed E-state index contributed by atoms with van der Waals surface area (Å²) >= 11 is 0. The lowest BCUT2D eigenvalue weighted by Crippen LogP contribution is -2.65. The number of rotatable bonds is 6. The number of halogens is 1. The van der Waals surface area contributed by atoms with Crippen molar-refractivity contribution in [1.82, 2.24) is 4.90 Å². The van der Waals surface area contributed by atoms with Gasteiger partial charge in [-0.15, -0.1) is 0 Å². The van der Waals surface area contributed by atoms with E-state index in [-0.39, 0.29) is 22.3 Å². The molecule has 3 aromatic carbocycles. The summed E-state index contributed by atoms with van der Waals surface area (Å²) in [5, 5.41) is 11.1. The minimum Gasteiger partial charge on any atom is -0.459 e. The van der Waals surface area contributed by atoms with Crippen LogP contribution in [-0.2, 0) is 14.2 Å². The van der Waals surface area contributed by atoms with Gasteiger partial charge in [0, 0.05) is 0 Å². The van der Waals surface area contributed by atoms with Crippen LogP contribution in [0.5, 0.6) is 0 Å². The number of nitrogens with zero attached hydrogens (tertiary/aromatic N) is 1. The molecule has 3 aromatic rings. The lowest BCUT2D eigenvalue weighted by atomic mass is 9.95. The summed E-state index contributed by atoms with van der Waals surface area (Å²) in [7, 11) is 0. The van der Waals surface area contributed by atoms with Gasteiger partial charge in [0.2, 0.25) is 6.36 Å². The fourth-order valence-electron chi connectivity index (χ4n) is 4.49. The van der Waals surface area contributed by atoms with Gasteiger partial charge in [-0.2, -0.15) is 0 Å². The smallest absolute Gasteiger partial charge is 0.338 e. The number of esters is 2. The van der Waals surface area contributed by atoms with Crippen LogP contribution in [0.1, 0.15) is 41.4 Å². The molecule has 194 valence electrons. The highest BCUT2D eigenvalue weighted by Gasteiger charge is 2.55. The molecular weight excluding hydrogens is 497 g/mol. The van der Waals surface area contributed by atoms with Crippen molar-refractivity contribution in [3.63, 3.8) is 0 Å². The number of alkyl halides is 1. The molecule has 10 heteroatoms. The van der Waals surface area contributed by atoms with E-state index < -0.39 is 61.1 Å². The summed E-state index contributed by atoms with van der Waals surface area (Å²) < 4.78 is 31.6. The number of imide groups is 1. The number of ether oxygens (including phenoxy) is 3. The first kappa shape index (κ1) is 25.2. The second-order valence-corrected chi connectivity index (χ2v) is 8.73. The van der Waals surface area contributed by atoms with Crippen LogP contribution in [0, 0.1) is 0 Å². The highest BCUT2D eigenvalue weighted by molar-refractivity contribution is 6.21. The maximum Gasteiger partial charge on any atom is 0.338 e. The Kier molecular flexibility index (Phi) is 6.99. The predicted molar refractivity (Wildman–Crippen MR) is 129 cm³/mol. The molecule has 38 heavy (non-hydrogen) atoms. The zero-order chi connectivity index (χ0) is 26.8. The van der Waals surface area contributed by atoms with Crippen molar-refractivity contribution in [3.8, 4) is 0 Å². The molecular formula is C28H22FNO8. The lowest BCUT2D eigenvalue weighted by Gasteiger charge is -2.43. The molecule has 0 spiro atoms. The van der Waals surface area contributed by atoms with Crippen LogP contribution in [0.15, 0.2) is 84.9 Å². The maximum absolute atomic E-state index is 15.6. The molecule has 5 atom stereocenters. The van der Waals surface area contributed by atoms with E-state index in [1.165, 1.54) is 36.4 Å². The molecule has 9 nitrogen and oxygen atoms in total. The first-order valence-corrected chi connectivity index (χ1v) is 11.8. The summed E-state index contributed by atoms with van der Waals surface area (Å²) in [4.78, 5) is 52.1. The molecule has 0 aliphatic carbocycles. The van der Waals surface area contributed by atoms with Crippen LogP contribution >= 0.6 is 0 Å². The third-order valence-electron chi connectivity index (χ3n) is 6.39. The standard InChI is InChI=1S/C28H22FNO8/c29-24-21(30-25(32)18-13-7-8-14-19(18)26(30)33)23(38-28(35)17-11-5-2-6-12-17)22(31)20(37-24)15-36-27(34)16-9-3-1-4-10-16/h1-14,20-24,31H,15H2/t20-,21-,22-,23-,24-/m1/s1. The largest absolute Gasteiger partial charge is 0.459 e. The molecule has 0 unspecified atom stereocenters. The number of aliphatic hydroxyl groups excluding tert-OH is 1. The second-order valence-electron chi connectivity index (χ2n) is 8.73. The second kappa shape index (κ2) is 10.5. The number of hydrogen-bond donors (Lipinski definition) is 1. The Balaban J connectivity index is 1.42. The van der Waals surface area contributed by atoms with Crippen molar-refractivity contribution in [2.45, 2.75) is 30.7 Å². The Bertz CT molecular complexity index is 1330. The summed E-state index contributed by atoms with van der Waals surface area (Å²) in [6.45, 7) is -0.580. The number of carbonyl (C=O) groups excluding carboxylic acids is 4. The van der Waals surface area contributed by atoms with Crippen LogP contribution in [-0.4, -0.2) is 71.1 Å². The summed E-state index contributed by atoms with van der Waals surface area (Å²) in [5.74, 6) is -3.28. The zero-order valence-electron chi connectivity index (χ0n) is 19.8. The van der Waals surface area contributed by atoms with E-state index in [4.69, 9.17) is 14.2 Å². The number of hydrogen-bond acceptors (Lipinski definition) is 8. The van der Waals surface area contributed by atoms with E-state index in [0.29, 0.717) is 4.90 Å². The van der Waals surface area contributed by atoms with Gasteiger partial charge in [0.15, 0.2) is 6.10 Å². The molecule has 1 N–H and O–H groups in total. The number of benzene rings is 3. The van der Waals surface area contributed by atoms with Gasteiger partial charge < -0.3 is 19.3 Å². The van der Waals surface area contributed by atoms with Gasteiger partial charge in [-0.1, -0.05) is 48.5 Å². The molecule has 5 rings (SSSR count). The van der Waals surface area contributed by atoms with Crippen LogP contribution in [0.4, 0.5) is 4.39 Å². The number of carbonyl (C=O) groups is 4. The molecule has 0 saturated carbocycles. The Hall–Kier alpha value is -4.41. The Morgan fingerprint density at radius 3 is 1.87 bits per heavy atom. The van der Waals surface area contributed by atoms with E-state index in [9.17, 15) is 24.3 Å². The van der Waals surface area contributed by atoms with Gasteiger partial charge in [-0.05, 0) is 36.4 Å². The van der Waals surface area contributed by atoms with Gasteiger partial charge in [-0.3, -0.25) is 14.5 Å². The van der Waals surface area contributed by atoms with Gasteiger partial charge in [-0.25, -0.2) is 14.0 Å². The zero-order valence-corrected chi connectivity index (χ0v) is 19.8. The quantitative estimate of drug-likeness (QED) is 0.390. The first-order chi connectivity index (χ1) is 18.4. The SMILES string of the molecule is O=C(OC[C@H]1O[C@@H](F)[C@H](N2C(=O)c3ccccc3C2=O)[C@@H](OC(=O)c2ccccc2)[C@@H]1O)c1ccccc1. The summed E-state index contributed by atoms with van der Waals surface area (Å²) in [6.07, 6.45) is -7.31. The van der Waals surface area contributed by atoms with Crippen molar-refractivity contribution in [2.24, 2.45) is 0 Å². The monoisotopic (exact) mass is 519 g/mol. The fraction of sp³-hybridized carbons (Fsp3) is 0.214. The molecule has 2 amide bonds. The molecule has 2 aliphatic heterocycles. The predicted octanol–water partition coefficient (Wildman–Crippen LogP) is 2.79. The number of amides is 2. The van der Waals surface area contributed by atoms with Crippen molar-refractivity contribution in [3.05, 3.63) is 107 Å². The normalized spacial score (nSPS) is 24.6. The van der Waals surface area contributed by atoms with E-state index in [1.807, 2.05) is 0 Å². The average Bonchev–Trinajstić information content (AvgIpc) is 3.20. The summed E-state index contributed by atoms with van der Waals surface area (Å²) in [6, 6.07) is 19.9. The van der Waals surface area contributed by atoms with E-state index in [0.717, 1.165) is 0 Å². The van der Waals surface area contributed by atoms with Gasteiger partial charge in [0.05, 0.1) is 22.3 Å². The highest BCUT2D eigenvalue weighted by Crippen LogP contribution is 2.34.